The van der Waals surface area contributed by atoms with Crippen molar-refractivity contribution in [2.75, 3.05) is 0 Å². The number of rotatable bonds is 3. The van der Waals surface area contributed by atoms with Crippen molar-refractivity contribution in [1.82, 2.24) is 20.0 Å². The molecule has 0 unspecified atom stereocenters. The Kier molecular flexibility index (Phi) is 2.53. The van der Waals surface area contributed by atoms with Crippen LogP contribution >= 0.6 is 0 Å². The molecule has 2 rings (SSSR count). The maximum absolute atomic E-state index is 11.7. The minimum absolute atomic E-state index is 0.0453. The highest BCUT2D eigenvalue weighted by atomic mass is 16.1. The van der Waals surface area contributed by atoms with Crippen molar-refractivity contribution < 1.29 is 4.79 Å². The minimum atomic E-state index is -0.0453. The van der Waals surface area contributed by atoms with E-state index in [1.165, 1.54) is 0 Å². The summed E-state index contributed by atoms with van der Waals surface area (Å²) in [6, 6.07) is 5.26. The summed E-state index contributed by atoms with van der Waals surface area (Å²) in [5.74, 6) is -0.0453. The van der Waals surface area contributed by atoms with Gasteiger partial charge in [0.25, 0.3) is 0 Å². The molecule has 5 heteroatoms. The van der Waals surface area contributed by atoms with Crippen LogP contribution in [0.5, 0.6) is 0 Å². The predicted molar refractivity (Wildman–Crippen MR) is 53.3 cm³/mol. The Labute approximate surface area is 86.8 Å². The molecular weight excluding hydrogens is 192 g/mol. The van der Waals surface area contributed by atoms with Gasteiger partial charge in [-0.1, -0.05) is 11.3 Å². The summed E-state index contributed by atoms with van der Waals surface area (Å²) in [7, 11) is 1.77. The molecule has 2 heterocycles. The predicted octanol–water partition coefficient (Wildman–Crippen LogP) is 0.635. The summed E-state index contributed by atoms with van der Waals surface area (Å²) in [6.45, 7) is 0. The van der Waals surface area contributed by atoms with Gasteiger partial charge in [0.2, 0.25) is 0 Å². The Morgan fingerprint density at radius 2 is 2.33 bits per heavy atom. The van der Waals surface area contributed by atoms with E-state index in [1.54, 1.807) is 42.3 Å². The summed E-state index contributed by atoms with van der Waals surface area (Å²) < 4.78 is 1.57. The largest absolute Gasteiger partial charge is 0.292 e. The van der Waals surface area contributed by atoms with Crippen LogP contribution < -0.4 is 0 Å². The van der Waals surface area contributed by atoms with Crippen molar-refractivity contribution in [3.8, 4) is 0 Å². The lowest BCUT2D eigenvalue weighted by Gasteiger charge is -1.95. The second kappa shape index (κ2) is 4.00. The second-order valence-electron chi connectivity index (χ2n) is 3.20. The van der Waals surface area contributed by atoms with E-state index in [9.17, 15) is 4.79 Å². The lowest BCUT2D eigenvalue weighted by Crippen LogP contribution is -2.05. The van der Waals surface area contributed by atoms with Crippen LogP contribution in [0.4, 0.5) is 0 Å². The fourth-order valence-corrected chi connectivity index (χ4v) is 1.26. The number of ketones is 1. The second-order valence-corrected chi connectivity index (χ2v) is 3.20. The van der Waals surface area contributed by atoms with Crippen LogP contribution in [0.3, 0.4) is 0 Å². The monoisotopic (exact) mass is 202 g/mol. The minimum Gasteiger partial charge on any atom is -0.292 e. The Hall–Kier alpha value is -2.04. The molecule has 0 N–H and O–H groups in total. The molecule has 0 aliphatic rings. The first-order valence-corrected chi connectivity index (χ1v) is 4.55. The number of pyridine rings is 1. The average molecular weight is 202 g/mol. The highest BCUT2D eigenvalue weighted by Crippen LogP contribution is 2.01. The third-order valence-corrected chi connectivity index (χ3v) is 1.94. The van der Waals surface area contributed by atoms with Crippen LogP contribution in [0.25, 0.3) is 0 Å². The van der Waals surface area contributed by atoms with Gasteiger partial charge in [-0.05, 0) is 12.1 Å². The van der Waals surface area contributed by atoms with Gasteiger partial charge in [0.1, 0.15) is 5.69 Å². The van der Waals surface area contributed by atoms with E-state index < -0.39 is 0 Å². The molecule has 2 aromatic heterocycles. The van der Waals surface area contributed by atoms with Crippen molar-refractivity contribution in [3.05, 3.63) is 42.0 Å². The van der Waals surface area contributed by atoms with Crippen molar-refractivity contribution in [1.29, 1.82) is 0 Å². The summed E-state index contributed by atoms with van der Waals surface area (Å²) >= 11 is 0. The molecule has 0 spiro atoms. The van der Waals surface area contributed by atoms with E-state index in [0.717, 1.165) is 0 Å². The number of carbonyl (C=O) groups excluding carboxylic acids is 1. The number of hydrogen-bond donors (Lipinski definition) is 0. The van der Waals surface area contributed by atoms with Gasteiger partial charge in [-0.3, -0.25) is 14.5 Å². The molecule has 0 saturated carbocycles. The van der Waals surface area contributed by atoms with Gasteiger partial charge in [0, 0.05) is 19.4 Å². The molecule has 0 bridgehead atoms. The smallest absolute Gasteiger partial charge is 0.187 e. The van der Waals surface area contributed by atoms with E-state index in [1.807, 2.05) is 0 Å². The van der Waals surface area contributed by atoms with Gasteiger partial charge < -0.3 is 0 Å². The van der Waals surface area contributed by atoms with E-state index in [2.05, 4.69) is 15.3 Å². The van der Waals surface area contributed by atoms with Gasteiger partial charge in [-0.2, -0.15) is 0 Å². The lowest BCUT2D eigenvalue weighted by molar-refractivity contribution is 0.0987. The van der Waals surface area contributed by atoms with Gasteiger partial charge in [0.15, 0.2) is 5.78 Å². The first-order valence-electron chi connectivity index (χ1n) is 4.55. The number of carbonyl (C=O) groups is 1. The van der Waals surface area contributed by atoms with Crippen molar-refractivity contribution >= 4 is 5.78 Å². The quantitative estimate of drug-likeness (QED) is 0.685. The van der Waals surface area contributed by atoms with Crippen LogP contribution in [-0.2, 0) is 13.5 Å². The van der Waals surface area contributed by atoms with Crippen LogP contribution in [0, 0.1) is 0 Å². The topological polar surface area (TPSA) is 60.7 Å². The Morgan fingerprint density at radius 3 is 2.93 bits per heavy atom. The van der Waals surface area contributed by atoms with E-state index in [4.69, 9.17) is 0 Å². The van der Waals surface area contributed by atoms with Crippen LogP contribution in [0.15, 0.2) is 30.6 Å². The summed E-state index contributed by atoms with van der Waals surface area (Å²) in [5.41, 5.74) is 1.12. The van der Waals surface area contributed by atoms with Crippen LogP contribution in [-0.4, -0.2) is 25.8 Å². The highest BCUT2D eigenvalue weighted by Gasteiger charge is 2.09. The molecule has 0 atom stereocenters. The summed E-state index contributed by atoms with van der Waals surface area (Å²) in [5, 5.41) is 7.60. The molecule has 0 aliphatic carbocycles. The first-order chi connectivity index (χ1) is 7.25. The maximum Gasteiger partial charge on any atom is 0.187 e. The van der Waals surface area contributed by atoms with Crippen LogP contribution in [0.2, 0.25) is 0 Å². The van der Waals surface area contributed by atoms with Gasteiger partial charge in [0.05, 0.1) is 12.1 Å². The Balaban J connectivity index is 2.11. The number of hydrogen-bond acceptors (Lipinski definition) is 4. The molecule has 0 saturated heterocycles. The molecule has 0 aliphatic heterocycles. The van der Waals surface area contributed by atoms with E-state index in [0.29, 0.717) is 11.4 Å². The first kappa shape index (κ1) is 9.51. The molecule has 5 nitrogen and oxygen atoms in total. The molecular formula is C10H10N4O. The molecule has 15 heavy (non-hydrogen) atoms. The fourth-order valence-electron chi connectivity index (χ4n) is 1.26. The molecule has 0 fully saturated rings. The third-order valence-electron chi connectivity index (χ3n) is 1.94. The van der Waals surface area contributed by atoms with Crippen molar-refractivity contribution in [2.24, 2.45) is 7.05 Å². The normalized spacial score (nSPS) is 10.2. The summed E-state index contributed by atoms with van der Waals surface area (Å²) in [6.07, 6.45) is 3.57. The Bertz CT molecular complexity index is 463. The summed E-state index contributed by atoms with van der Waals surface area (Å²) in [4.78, 5) is 15.7. The number of Topliss-reactive ketones (excluding diaryl/α,β-unsaturated/α-hetero) is 1. The maximum atomic E-state index is 11.7. The third kappa shape index (κ3) is 2.25. The van der Waals surface area contributed by atoms with Crippen LogP contribution in [0.1, 0.15) is 16.2 Å². The zero-order valence-electron chi connectivity index (χ0n) is 8.29. The lowest BCUT2D eigenvalue weighted by atomic mass is 10.1. The number of nitrogens with zero attached hydrogens (tertiary/aromatic N) is 4. The fraction of sp³-hybridized carbons (Fsp3) is 0.200. The molecule has 0 aromatic carbocycles. The average Bonchev–Trinajstić information content (AvgIpc) is 2.65. The van der Waals surface area contributed by atoms with Gasteiger partial charge >= 0.3 is 0 Å². The highest BCUT2D eigenvalue weighted by molar-refractivity contribution is 5.95. The Morgan fingerprint density at radius 1 is 1.47 bits per heavy atom. The number of aryl methyl sites for hydroxylation is 1. The zero-order chi connectivity index (χ0) is 10.7. The zero-order valence-corrected chi connectivity index (χ0v) is 8.29. The molecule has 76 valence electrons. The standard InChI is InChI=1S/C10H10N4O/c1-14-7-8(12-13-14)6-10(15)9-4-2-3-5-11-9/h2-5,7H,6H2,1H3. The molecule has 2 aromatic rings. The van der Waals surface area contributed by atoms with Gasteiger partial charge in [-0.25, -0.2) is 0 Å². The SMILES string of the molecule is Cn1cc(CC(=O)c2ccccn2)nn1. The number of aromatic nitrogens is 4. The van der Waals surface area contributed by atoms with Crippen molar-refractivity contribution in [2.45, 2.75) is 6.42 Å². The van der Waals surface area contributed by atoms with E-state index >= 15 is 0 Å². The van der Waals surface area contributed by atoms with Gasteiger partial charge in [-0.15, -0.1) is 5.10 Å². The molecule has 0 amide bonds. The molecule has 0 radical (unpaired) electrons. The van der Waals surface area contributed by atoms with E-state index in [-0.39, 0.29) is 12.2 Å². The van der Waals surface area contributed by atoms with Crippen molar-refractivity contribution in [3.63, 3.8) is 0 Å².